The van der Waals surface area contributed by atoms with Gasteiger partial charge in [0.05, 0.1) is 12.7 Å². The molecule has 1 aromatic carbocycles. The minimum atomic E-state index is -8.78. The average Bonchev–Trinajstić information content (AvgIpc) is 3.18. The van der Waals surface area contributed by atoms with Gasteiger partial charge in [-0.15, -0.1) is 0 Å². The number of carbonyl (C=O) groups is 1. The van der Waals surface area contributed by atoms with Crippen LogP contribution in [0, 0.1) is 0 Å². The smallest absolute Gasteiger partial charge is 0.460 e. The predicted octanol–water partition coefficient (Wildman–Crippen LogP) is 15.5. The fourth-order valence-electron chi connectivity index (χ4n) is 5.54. The largest absolute Gasteiger partial charge is 0.465 e. The van der Waals surface area contributed by atoms with Gasteiger partial charge in [0.25, 0.3) is 0 Å². The van der Waals surface area contributed by atoms with Gasteiger partial charge in [0.1, 0.15) is 0 Å². The zero-order valence-electron chi connectivity index (χ0n) is 33.5. The van der Waals surface area contributed by atoms with Gasteiger partial charge in [0, 0.05) is 19.3 Å². The molecule has 0 aliphatic heterocycles. The highest BCUT2D eigenvalue weighted by atomic mass is 19.5. The van der Waals surface area contributed by atoms with Gasteiger partial charge in [-0.2, -0.15) is 171 Å². The third-order valence-corrected chi connectivity index (χ3v) is 9.96. The number of carbonyl (C=O) groups excluding carboxylic acids is 1. The molecule has 0 bridgehead atoms. The molecule has 0 aliphatic rings. The fraction of sp³-hybridized carbons (Fsp3) is 0.781. The lowest BCUT2D eigenvalue weighted by atomic mass is 9.84. The molecule has 430 valence electrons. The van der Waals surface area contributed by atoms with Crippen LogP contribution in [0.15, 0.2) is 12.1 Å². The van der Waals surface area contributed by atoms with Crippen LogP contribution >= 0.6 is 0 Å². The molecule has 0 N–H and O–H groups in total. The highest BCUT2D eigenvalue weighted by Crippen LogP contribution is 2.64. The van der Waals surface area contributed by atoms with Crippen LogP contribution in [-0.4, -0.2) is 120 Å². The molecule has 0 heterocycles. The number of methoxy groups -OCH3 is 1. The van der Waals surface area contributed by atoms with Crippen molar-refractivity contribution in [3.8, 4) is 0 Å². The van der Waals surface area contributed by atoms with Crippen LogP contribution in [0.5, 0.6) is 0 Å². The van der Waals surface area contributed by atoms with Crippen molar-refractivity contribution in [2.24, 2.45) is 0 Å². The molecule has 0 unspecified atom stereocenters. The molecule has 0 saturated carbocycles. The molecule has 0 spiro atoms. The van der Waals surface area contributed by atoms with E-state index in [1.807, 2.05) is 0 Å². The Morgan fingerprint density at radius 1 is 0.315 bits per heavy atom. The molecule has 0 radical (unpaired) electrons. The van der Waals surface area contributed by atoms with Gasteiger partial charge in [0.2, 0.25) is 0 Å². The number of halogens is 39. The van der Waals surface area contributed by atoms with Crippen LogP contribution in [-0.2, 0) is 24.0 Å². The summed E-state index contributed by atoms with van der Waals surface area (Å²) in [6, 6.07) is -1.21. The van der Waals surface area contributed by atoms with E-state index in [1.54, 1.807) is 0 Å². The molecule has 1 aromatic rings. The van der Waals surface area contributed by atoms with E-state index in [0.29, 0.717) is 0 Å². The average molecular weight is 1170 g/mol. The van der Waals surface area contributed by atoms with Gasteiger partial charge in [-0.3, -0.25) is 0 Å². The maximum atomic E-state index is 14.8. The lowest BCUT2D eigenvalue weighted by Crippen LogP contribution is -2.70. The normalized spacial score (nSPS) is 16.1. The Kier molecular flexibility index (Phi) is 17.1. The summed E-state index contributed by atoms with van der Waals surface area (Å²) in [5.74, 6) is -128. The minimum Gasteiger partial charge on any atom is -0.465 e. The first-order chi connectivity index (χ1) is 31.4. The number of alkyl halides is 39. The molecule has 41 heteroatoms. The van der Waals surface area contributed by atoms with Gasteiger partial charge in [0.15, 0.2) is 0 Å². The van der Waals surface area contributed by atoms with Gasteiger partial charge >= 0.3 is 113 Å². The van der Waals surface area contributed by atoms with E-state index < -0.39 is 186 Å². The van der Waals surface area contributed by atoms with Crippen LogP contribution in [0.4, 0.5) is 171 Å². The summed E-state index contributed by atoms with van der Waals surface area (Å²) in [4.78, 5) is 12.2. The van der Waals surface area contributed by atoms with E-state index >= 15 is 0 Å². The zero-order chi connectivity index (χ0) is 59.3. The number of hydrogen-bond acceptors (Lipinski definition) is 2. The molecule has 0 fully saturated rings. The summed E-state index contributed by atoms with van der Waals surface area (Å²) in [6.07, 6.45) is -44.7. The standard InChI is InChI=1S/C32H17F39O2/c1-73-14(72)12-8-10(2-5-15(33,34)18(39,40)21(45,46)24(51,52)27(57,58)30(63,64)65)13(4-7-17(37,38)20(43,44)23(49,50)26(55,56)29(61,62)32(69,70)71)11(9-12)3-6-16(35,36)19(41,42)22(47,48)25(53,54)28(59,60)31(66,67)68/h8-9H,2-7H2,1H3. The summed E-state index contributed by atoms with van der Waals surface area (Å²) < 4.78 is 539. The monoisotopic (exact) mass is 1170 g/mol. The van der Waals surface area contributed by atoms with Crippen molar-refractivity contribution in [3.63, 3.8) is 0 Å². The second-order valence-corrected chi connectivity index (χ2v) is 14.8. The maximum absolute atomic E-state index is 14.8. The molecule has 2 nitrogen and oxygen atoms in total. The Morgan fingerprint density at radius 2 is 0.507 bits per heavy atom. The summed E-state index contributed by atoms with van der Waals surface area (Å²) >= 11 is 0. The minimum absolute atomic E-state index is 0.0812. The van der Waals surface area contributed by atoms with Crippen molar-refractivity contribution >= 4 is 5.97 Å². The number of aryl methyl sites for hydroxylation is 2. The predicted molar refractivity (Wildman–Crippen MR) is 155 cm³/mol. The summed E-state index contributed by atoms with van der Waals surface area (Å²) in [7, 11) is 0.0812. The van der Waals surface area contributed by atoms with Crippen molar-refractivity contribution < 1.29 is 181 Å². The lowest BCUT2D eigenvalue weighted by molar-refractivity contribution is -0.440. The number of esters is 1. The van der Waals surface area contributed by atoms with Crippen molar-refractivity contribution in [3.05, 3.63) is 34.4 Å². The molecular weight excluding hydrogens is 1160 g/mol. The molecule has 0 amide bonds. The van der Waals surface area contributed by atoms with Crippen molar-refractivity contribution in [2.45, 2.75) is 146 Å². The summed E-state index contributed by atoms with van der Waals surface area (Å²) in [5, 5.41) is 0. The Balaban J connectivity index is 4.39. The second-order valence-electron chi connectivity index (χ2n) is 14.8. The van der Waals surface area contributed by atoms with Gasteiger partial charge in [-0.25, -0.2) is 4.79 Å². The van der Waals surface area contributed by atoms with E-state index in [2.05, 4.69) is 4.74 Å². The number of ether oxygens (including phenoxy) is 1. The van der Waals surface area contributed by atoms with E-state index in [-0.39, 0.29) is 7.11 Å². The summed E-state index contributed by atoms with van der Waals surface area (Å²) in [6.45, 7) is 0. The lowest BCUT2D eigenvalue weighted by Gasteiger charge is -2.40. The third kappa shape index (κ3) is 10.1. The van der Waals surface area contributed by atoms with Gasteiger partial charge < -0.3 is 4.74 Å². The fourth-order valence-corrected chi connectivity index (χ4v) is 5.54. The second kappa shape index (κ2) is 18.6. The van der Waals surface area contributed by atoms with Crippen LogP contribution in [0.1, 0.15) is 46.3 Å². The van der Waals surface area contributed by atoms with Crippen LogP contribution < -0.4 is 0 Å². The topological polar surface area (TPSA) is 26.3 Å². The van der Waals surface area contributed by atoms with E-state index in [0.717, 1.165) is 0 Å². The van der Waals surface area contributed by atoms with Gasteiger partial charge in [-0.1, -0.05) is 0 Å². The van der Waals surface area contributed by atoms with Crippen molar-refractivity contribution in [1.29, 1.82) is 0 Å². The third-order valence-electron chi connectivity index (χ3n) is 9.96. The quantitative estimate of drug-likeness (QED) is 0.0854. The molecule has 0 aromatic heterocycles. The first-order valence-electron chi connectivity index (χ1n) is 17.5. The molecule has 0 atom stereocenters. The Morgan fingerprint density at radius 3 is 0.699 bits per heavy atom. The summed E-state index contributed by atoms with van der Waals surface area (Å²) in [5.41, 5.74) is -9.07. The molecular formula is C32H17F39O2. The van der Waals surface area contributed by atoms with Crippen molar-refractivity contribution in [2.75, 3.05) is 7.11 Å². The number of hydrogen-bond donors (Lipinski definition) is 0. The van der Waals surface area contributed by atoms with Crippen LogP contribution in [0.3, 0.4) is 0 Å². The molecule has 73 heavy (non-hydrogen) atoms. The van der Waals surface area contributed by atoms with Crippen LogP contribution in [0.2, 0.25) is 0 Å². The first-order valence-corrected chi connectivity index (χ1v) is 17.5. The number of benzene rings is 1. The Bertz CT molecular complexity index is 2020. The number of rotatable bonds is 22. The van der Waals surface area contributed by atoms with E-state index in [4.69, 9.17) is 0 Å². The Hall–Kier alpha value is -4.04. The molecule has 1 rings (SSSR count). The van der Waals surface area contributed by atoms with Crippen molar-refractivity contribution in [1.82, 2.24) is 0 Å². The molecule has 0 saturated heterocycles. The SMILES string of the molecule is COC(=O)c1cc(CCC(F)(F)C(F)(F)C(F)(F)C(F)(F)C(F)(F)C(F)(F)F)c(CCC(F)(F)C(F)(F)C(F)(F)C(F)(F)C(F)(F)C(F)(F)F)c(CCC(F)(F)C(F)(F)C(F)(F)C(F)(F)C(F)(F)C(F)(F)F)c1. The Labute approximate surface area is 375 Å². The highest BCUT2D eigenvalue weighted by Gasteiger charge is 2.93. The van der Waals surface area contributed by atoms with Crippen LogP contribution in [0.25, 0.3) is 0 Å². The maximum Gasteiger partial charge on any atom is 0.460 e. The first kappa shape index (κ1) is 67.0. The van der Waals surface area contributed by atoms with E-state index in [9.17, 15) is 176 Å². The molecule has 0 aliphatic carbocycles. The van der Waals surface area contributed by atoms with E-state index in [1.165, 1.54) is 0 Å². The highest BCUT2D eigenvalue weighted by molar-refractivity contribution is 5.90. The zero-order valence-corrected chi connectivity index (χ0v) is 33.5. The van der Waals surface area contributed by atoms with Gasteiger partial charge in [-0.05, 0) is 48.1 Å².